The third-order valence-electron chi connectivity index (χ3n) is 3.23. The van der Waals surface area contributed by atoms with E-state index in [2.05, 4.69) is 24.5 Å². The number of unbranched alkanes of at least 4 members (excludes halogenated alkanes) is 1. The van der Waals surface area contributed by atoms with E-state index in [0.717, 1.165) is 19.3 Å². The van der Waals surface area contributed by atoms with Gasteiger partial charge in [-0.05, 0) is 18.4 Å². The minimum absolute atomic E-state index is 0.0926. The highest BCUT2D eigenvalue weighted by Crippen LogP contribution is 2.27. The highest BCUT2D eigenvalue weighted by Gasteiger charge is 2.20. The summed E-state index contributed by atoms with van der Waals surface area (Å²) in [5.41, 5.74) is 0.461. The number of rotatable bonds is 8. The predicted molar refractivity (Wildman–Crippen MR) is 83.7 cm³/mol. The van der Waals surface area contributed by atoms with Gasteiger partial charge >= 0.3 is 0 Å². The first kappa shape index (κ1) is 16.9. The summed E-state index contributed by atoms with van der Waals surface area (Å²) in [5.74, 6) is 0.376. The standard InChI is InChI=1S/C15H23N3O3/c1-11(2)7-4-5-10-17-15(19)12-8-6-9-13(18(20)21)14(12)16-3/h6,8-9,11,16H,4-5,7,10H2,1-3H3,(H,17,19). The van der Waals surface area contributed by atoms with Gasteiger partial charge in [-0.2, -0.15) is 0 Å². The van der Waals surface area contributed by atoms with E-state index in [9.17, 15) is 14.9 Å². The maximum atomic E-state index is 12.1. The Hall–Kier alpha value is -2.11. The molecular weight excluding hydrogens is 270 g/mol. The Labute approximate surface area is 125 Å². The first-order chi connectivity index (χ1) is 9.97. The van der Waals surface area contributed by atoms with Gasteiger partial charge in [-0.15, -0.1) is 0 Å². The molecule has 0 saturated carbocycles. The van der Waals surface area contributed by atoms with Crippen LogP contribution in [0.25, 0.3) is 0 Å². The van der Waals surface area contributed by atoms with Gasteiger partial charge in [-0.25, -0.2) is 0 Å². The number of para-hydroxylation sites is 1. The lowest BCUT2D eigenvalue weighted by molar-refractivity contribution is -0.384. The number of hydrogen-bond acceptors (Lipinski definition) is 4. The lowest BCUT2D eigenvalue weighted by atomic mass is 10.1. The van der Waals surface area contributed by atoms with Crippen molar-refractivity contribution in [2.75, 3.05) is 18.9 Å². The molecule has 0 aromatic heterocycles. The number of hydrogen-bond donors (Lipinski definition) is 2. The van der Waals surface area contributed by atoms with Crippen LogP contribution < -0.4 is 10.6 Å². The third-order valence-corrected chi connectivity index (χ3v) is 3.23. The minimum Gasteiger partial charge on any atom is -0.382 e. The molecule has 1 rings (SSSR count). The molecule has 0 spiro atoms. The monoisotopic (exact) mass is 293 g/mol. The first-order valence-corrected chi connectivity index (χ1v) is 7.20. The molecule has 1 aromatic carbocycles. The van der Waals surface area contributed by atoms with E-state index in [-0.39, 0.29) is 17.3 Å². The molecular formula is C15H23N3O3. The lowest BCUT2D eigenvalue weighted by Gasteiger charge is -2.10. The van der Waals surface area contributed by atoms with Gasteiger partial charge in [0.05, 0.1) is 10.5 Å². The van der Waals surface area contributed by atoms with Gasteiger partial charge in [0, 0.05) is 19.7 Å². The van der Waals surface area contributed by atoms with Crippen molar-refractivity contribution < 1.29 is 9.72 Å². The van der Waals surface area contributed by atoms with Crippen molar-refractivity contribution in [3.63, 3.8) is 0 Å². The van der Waals surface area contributed by atoms with Crippen LogP contribution in [-0.2, 0) is 0 Å². The number of carbonyl (C=O) groups excluding carboxylic acids is 1. The molecule has 2 N–H and O–H groups in total. The summed E-state index contributed by atoms with van der Waals surface area (Å²) < 4.78 is 0. The highest BCUT2D eigenvalue weighted by atomic mass is 16.6. The fourth-order valence-corrected chi connectivity index (χ4v) is 2.12. The largest absolute Gasteiger partial charge is 0.382 e. The zero-order valence-corrected chi connectivity index (χ0v) is 12.8. The first-order valence-electron chi connectivity index (χ1n) is 7.20. The molecule has 0 aliphatic rings. The van der Waals surface area contributed by atoms with E-state index < -0.39 is 4.92 Å². The molecule has 0 bridgehead atoms. The average molecular weight is 293 g/mol. The number of nitrogens with one attached hydrogen (secondary N) is 2. The maximum absolute atomic E-state index is 12.1. The Morgan fingerprint density at radius 3 is 2.62 bits per heavy atom. The van der Waals surface area contributed by atoms with Crippen LogP contribution in [0.15, 0.2) is 18.2 Å². The summed E-state index contributed by atoms with van der Waals surface area (Å²) in [6.07, 6.45) is 3.11. The van der Waals surface area contributed by atoms with Crippen molar-refractivity contribution in [3.05, 3.63) is 33.9 Å². The van der Waals surface area contributed by atoms with E-state index in [0.29, 0.717) is 18.0 Å². The molecule has 1 amide bonds. The molecule has 0 fully saturated rings. The Kier molecular flexibility index (Phi) is 6.65. The van der Waals surface area contributed by atoms with Crippen molar-refractivity contribution in [3.8, 4) is 0 Å². The smallest absolute Gasteiger partial charge is 0.293 e. The van der Waals surface area contributed by atoms with Crippen molar-refractivity contribution in [1.82, 2.24) is 5.32 Å². The molecule has 0 heterocycles. The zero-order chi connectivity index (χ0) is 15.8. The zero-order valence-electron chi connectivity index (χ0n) is 12.8. The van der Waals surface area contributed by atoms with Crippen molar-refractivity contribution in [1.29, 1.82) is 0 Å². The molecule has 0 atom stereocenters. The number of carbonyl (C=O) groups is 1. The van der Waals surface area contributed by atoms with E-state index in [1.807, 2.05) is 0 Å². The molecule has 6 nitrogen and oxygen atoms in total. The van der Waals surface area contributed by atoms with Crippen LogP contribution >= 0.6 is 0 Å². The Morgan fingerprint density at radius 2 is 2.05 bits per heavy atom. The third kappa shape index (κ3) is 5.06. The molecule has 0 radical (unpaired) electrons. The van der Waals surface area contributed by atoms with Crippen LogP contribution in [0.1, 0.15) is 43.5 Å². The minimum atomic E-state index is -0.495. The Balaban J connectivity index is 2.66. The second-order valence-corrected chi connectivity index (χ2v) is 5.35. The van der Waals surface area contributed by atoms with Gasteiger partial charge in [0.2, 0.25) is 0 Å². The van der Waals surface area contributed by atoms with Crippen molar-refractivity contribution >= 4 is 17.3 Å². The fourth-order valence-electron chi connectivity index (χ4n) is 2.12. The van der Waals surface area contributed by atoms with Gasteiger partial charge in [-0.3, -0.25) is 14.9 Å². The summed E-state index contributed by atoms with van der Waals surface area (Å²) >= 11 is 0. The van der Waals surface area contributed by atoms with E-state index in [1.54, 1.807) is 13.1 Å². The highest BCUT2D eigenvalue weighted by molar-refractivity contribution is 6.01. The Morgan fingerprint density at radius 1 is 1.33 bits per heavy atom. The van der Waals surface area contributed by atoms with Crippen LogP contribution in [-0.4, -0.2) is 24.4 Å². The van der Waals surface area contributed by atoms with Gasteiger partial charge in [0.15, 0.2) is 0 Å². The number of anilines is 1. The van der Waals surface area contributed by atoms with Crippen LogP contribution in [0.2, 0.25) is 0 Å². The summed E-state index contributed by atoms with van der Waals surface area (Å²) in [4.78, 5) is 22.6. The summed E-state index contributed by atoms with van der Waals surface area (Å²) in [5, 5.41) is 16.5. The van der Waals surface area contributed by atoms with Crippen LogP contribution in [0.5, 0.6) is 0 Å². The SMILES string of the molecule is CNc1c(C(=O)NCCCCC(C)C)cccc1[N+](=O)[O-]. The summed E-state index contributed by atoms with van der Waals surface area (Å²) in [6.45, 7) is 4.92. The second kappa shape index (κ2) is 8.24. The van der Waals surface area contributed by atoms with Crippen LogP contribution in [0.3, 0.4) is 0 Å². The molecule has 0 unspecified atom stereocenters. The molecule has 0 saturated heterocycles. The van der Waals surface area contributed by atoms with Crippen molar-refractivity contribution in [2.45, 2.75) is 33.1 Å². The molecule has 6 heteroatoms. The molecule has 0 aliphatic carbocycles. The second-order valence-electron chi connectivity index (χ2n) is 5.35. The predicted octanol–water partition coefficient (Wildman–Crippen LogP) is 3.19. The lowest BCUT2D eigenvalue weighted by Crippen LogP contribution is -2.25. The normalized spacial score (nSPS) is 10.5. The quantitative estimate of drug-likeness (QED) is 0.438. The van der Waals surface area contributed by atoms with Crippen LogP contribution in [0.4, 0.5) is 11.4 Å². The van der Waals surface area contributed by atoms with Gasteiger partial charge < -0.3 is 10.6 Å². The van der Waals surface area contributed by atoms with E-state index >= 15 is 0 Å². The number of amides is 1. The number of benzene rings is 1. The summed E-state index contributed by atoms with van der Waals surface area (Å²) in [7, 11) is 1.57. The van der Waals surface area contributed by atoms with Crippen molar-refractivity contribution in [2.24, 2.45) is 5.92 Å². The molecule has 0 aliphatic heterocycles. The molecule has 1 aromatic rings. The number of nitro groups is 1. The van der Waals surface area contributed by atoms with E-state index in [4.69, 9.17) is 0 Å². The fraction of sp³-hybridized carbons (Fsp3) is 0.533. The average Bonchev–Trinajstić information content (AvgIpc) is 2.45. The topological polar surface area (TPSA) is 84.3 Å². The molecule has 21 heavy (non-hydrogen) atoms. The van der Waals surface area contributed by atoms with Gasteiger partial charge in [-0.1, -0.05) is 32.8 Å². The maximum Gasteiger partial charge on any atom is 0.293 e. The van der Waals surface area contributed by atoms with E-state index in [1.165, 1.54) is 12.1 Å². The Bertz CT molecular complexity index is 501. The molecule has 116 valence electrons. The van der Waals surface area contributed by atoms with Gasteiger partial charge in [0.1, 0.15) is 5.69 Å². The van der Waals surface area contributed by atoms with Gasteiger partial charge in [0.25, 0.3) is 11.6 Å². The number of nitro benzene ring substituents is 1. The number of nitrogens with zero attached hydrogens (tertiary/aromatic N) is 1. The van der Waals surface area contributed by atoms with Crippen LogP contribution in [0, 0.1) is 16.0 Å². The summed E-state index contributed by atoms with van der Waals surface area (Å²) in [6, 6.07) is 4.49.